The summed E-state index contributed by atoms with van der Waals surface area (Å²) in [5, 5.41) is 0. The van der Waals surface area contributed by atoms with E-state index in [0.29, 0.717) is 5.69 Å². The molecule has 3 atom stereocenters. The van der Waals surface area contributed by atoms with Crippen LogP contribution in [0.1, 0.15) is 38.7 Å². The number of hydrogen-bond acceptors (Lipinski definition) is 6. The normalized spacial score (nSPS) is 22.3. The van der Waals surface area contributed by atoms with Crippen molar-refractivity contribution in [3.05, 3.63) is 60.2 Å². The lowest BCUT2D eigenvalue weighted by atomic mass is 9.96. The van der Waals surface area contributed by atoms with Crippen molar-refractivity contribution in [3.63, 3.8) is 0 Å². The lowest BCUT2D eigenvalue weighted by molar-refractivity contribution is -0.160. The molecule has 0 radical (unpaired) electrons. The van der Waals surface area contributed by atoms with Gasteiger partial charge in [0.2, 0.25) is 0 Å². The van der Waals surface area contributed by atoms with Gasteiger partial charge in [0.1, 0.15) is 17.8 Å². The molecular weight excluding hydrogens is 432 g/mol. The largest absolute Gasteiger partial charge is 0.458 e. The van der Waals surface area contributed by atoms with Crippen molar-refractivity contribution in [2.24, 2.45) is 0 Å². The zero-order chi connectivity index (χ0) is 23.3. The SMILES string of the molecule is COC(=O)N1[C@H](C(=O)OC(C)(C)C)C[C@@H]2c3ccccc3N(S(=O)(=O)c3ccccc3)[C@@H]21. The molecule has 2 aromatic rings. The molecule has 2 heterocycles. The highest BCUT2D eigenvalue weighted by molar-refractivity contribution is 7.92. The first kappa shape index (κ1) is 22.1. The summed E-state index contributed by atoms with van der Waals surface area (Å²) in [6.07, 6.45) is -1.50. The lowest BCUT2D eigenvalue weighted by Gasteiger charge is -2.35. The van der Waals surface area contributed by atoms with E-state index < -0.39 is 45.8 Å². The van der Waals surface area contributed by atoms with Crippen molar-refractivity contribution in [1.29, 1.82) is 0 Å². The van der Waals surface area contributed by atoms with Crippen molar-refractivity contribution in [1.82, 2.24) is 4.90 Å². The Bertz CT molecular complexity index is 1140. The molecule has 0 aliphatic carbocycles. The fraction of sp³-hybridized carbons (Fsp3) is 0.391. The molecule has 32 heavy (non-hydrogen) atoms. The van der Waals surface area contributed by atoms with Crippen LogP contribution in [0.3, 0.4) is 0 Å². The summed E-state index contributed by atoms with van der Waals surface area (Å²) in [7, 11) is -2.83. The second-order valence-electron chi connectivity index (χ2n) is 8.86. The maximum Gasteiger partial charge on any atom is 0.411 e. The van der Waals surface area contributed by atoms with E-state index in [1.54, 1.807) is 51.1 Å². The van der Waals surface area contributed by atoms with E-state index in [1.807, 2.05) is 12.1 Å². The lowest BCUT2D eigenvalue weighted by Crippen LogP contribution is -2.54. The fourth-order valence-corrected chi connectivity index (χ4v) is 6.15. The molecular formula is C23H26N2O6S. The number of benzene rings is 2. The first-order chi connectivity index (χ1) is 15.1. The second kappa shape index (κ2) is 7.81. The van der Waals surface area contributed by atoms with E-state index in [-0.39, 0.29) is 11.3 Å². The van der Waals surface area contributed by atoms with Crippen LogP contribution >= 0.6 is 0 Å². The number of amides is 1. The van der Waals surface area contributed by atoms with Gasteiger partial charge < -0.3 is 9.47 Å². The molecule has 1 amide bonds. The molecule has 0 N–H and O–H groups in total. The number of sulfonamides is 1. The smallest absolute Gasteiger partial charge is 0.411 e. The summed E-state index contributed by atoms with van der Waals surface area (Å²) in [6.45, 7) is 5.22. The third-order valence-electron chi connectivity index (χ3n) is 5.64. The second-order valence-corrected chi connectivity index (χ2v) is 10.7. The molecule has 0 unspecified atom stereocenters. The number of methoxy groups -OCH3 is 1. The monoisotopic (exact) mass is 458 g/mol. The van der Waals surface area contributed by atoms with Crippen LogP contribution in [0.15, 0.2) is 59.5 Å². The topological polar surface area (TPSA) is 93.2 Å². The van der Waals surface area contributed by atoms with E-state index in [4.69, 9.17) is 9.47 Å². The van der Waals surface area contributed by atoms with E-state index in [0.717, 1.165) is 5.56 Å². The van der Waals surface area contributed by atoms with Gasteiger partial charge in [-0.2, -0.15) is 0 Å². The summed E-state index contributed by atoms with van der Waals surface area (Å²) >= 11 is 0. The Hall–Kier alpha value is -3.07. The van der Waals surface area contributed by atoms with Crippen molar-refractivity contribution >= 4 is 27.8 Å². The van der Waals surface area contributed by atoms with Crippen LogP contribution < -0.4 is 4.31 Å². The molecule has 0 spiro atoms. The fourth-order valence-electron chi connectivity index (χ4n) is 4.46. The maximum absolute atomic E-state index is 13.7. The molecule has 9 heteroatoms. The summed E-state index contributed by atoms with van der Waals surface area (Å²) in [6, 6.07) is 14.2. The van der Waals surface area contributed by atoms with Crippen molar-refractivity contribution in [2.45, 2.75) is 55.8 Å². The van der Waals surface area contributed by atoms with Crippen molar-refractivity contribution < 1.29 is 27.5 Å². The van der Waals surface area contributed by atoms with Crippen LogP contribution in [-0.2, 0) is 24.3 Å². The van der Waals surface area contributed by atoms with Gasteiger partial charge >= 0.3 is 12.1 Å². The third kappa shape index (κ3) is 3.60. The Kier molecular flexibility index (Phi) is 5.40. The van der Waals surface area contributed by atoms with Crippen LogP contribution in [0, 0.1) is 0 Å². The number of carbonyl (C=O) groups is 2. The van der Waals surface area contributed by atoms with Gasteiger partial charge in [0.25, 0.3) is 10.0 Å². The number of likely N-dealkylation sites (tertiary alicyclic amines) is 1. The van der Waals surface area contributed by atoms with E-state index in [1.165, 1.54) is 28.4 Å². The van der Waals surface area contributed by atoms with Gasteiger partial charge in [-0.05, 0) is 51.0 Å². The number of para-hydroxylation sites is 1. The van der Waals surface area contributed by atoms with E-state index in [2.05, 4.69) is 0 Å². The molecule has 4 rings (SSSR count). The zero-order valence-corrected chi connectivity index (χ0v) is 19.2. The molecule has 0 saturated carbocycles. The summed E-state index contributed by atoms with van der Waals surface area (Å²) in [5.41, 5.74) is 0.490. The summed E-state index contributed by atoms with van der Waals surface area (Å²) < 4.78 is 39.2. The van der Waals surface area contributed by atoms with Crippen LogP contribution in [0.2, 0.25) is 0 Å². The predicted molar refractivity (Wildman–Crippen MR) is 118 cm³/mol. The number of hydrogen-bond donors (Lipinski definition) is 0. The first-order valence-electron chi connectivity index (χ1n) is 10.3. The summed E-state index contributed by atoms with van der Waals surface area (Å²) in [4.78, 5) is 27.2. The predicted octanol–water partition coefficient (Wildman–Crippen LogP) is 3.49. The number of esters is 1. The van der Waals surface area contributed by atoms with Gasteiger partial charge in [0.15, 0.2) is 0 Å². The number of carbonyl (C=O) groups excluding carboxylic acids is 2. The Balaban J connectivity index is 1.85. The van der Waals surface area contributed by atoms with E-state index >= 15 is 0 Å². The molecule has 1 fully saturated rings. The number of rotatable bonds is 3. The minimum absolute atomic E-state index is 0.0981. The molecule has 0 aromatic heterocycles. The van der Waals surface area contributed by atoms with Gasteiger partial charge in [-0.15, -0.1) is 0 Å². The van der Waals surface area contributed by atoms with E-state index in [9.17, 15) is 18.0 Å². The van der Waals surface area contributed by atoms with Crippen LogP contribution in [0.4, 0.5) is 10.5 Å². The zero-order valence-electron chi connectivity index (χ0n) is 18.4. The molecule has 2 aliphatic heterocycles. The van der Waals surface area contributed by atoms with Crippen LogP contribution in [0.25, 0.3) is 0 Å². The molecule has 1 saturated heterocycles. The molecule has 2 aromatic carbocycles. The average Bonchev–Trinajstić information content (AvgIpc) is 3.27. The summed E-state index contributed by atoms with van der Waals surface area (Å²) in [5.74, 6) is -0.992. The number of fused-ring (bicyclic) bond motifs is 3. The number of anilines is 1. The van der Waals surface area contributed by atoms with Crippen LogP contribution in [0.5, 0.6) is 0 Å². The Labute approximate surface area is 187 Å². The number of nitrogens with zero attached hydrogens (tertiary/aromatic N) is 2. The first-order valence-corrected chi connectivity index (χ1v) is 11.8. The van der Waals surface area contributed by atoms with Crippen molar-refractivity contribution in [3.8, 4) is 0 Å². The van der Waals surface area contributed by atoms with Gasteiger partial charge in [-0.3, -0.25) is 4.90 Å². The number of ether oxygens (including phenoxy) is 2. The minimum atomic E-state index is -4.03. The molecule has 2 aliphatic rings. The van der Waals surface area contributed by atoms with Crippen molar-refractivity contribution in [2.75, 3.05) is 11.4 Å². The maximum atomic E-state index is 13.7. The highest BCUT2D eigenvalue weighted by atomic mass is 32.2. The highest BCUT2D eigenvalue weighted by Gasteiger charge is 2.58. The Morgan fingerprint density at radius 1 is 1.00 bits per heavy atom. The van der Waals surface area contributed by atoms with Gasteiger partial charge in [-0.1, -0.05) is 36.4 Å². The third-order valence-corrected chi connectivity index (χ3v) is 7.43. The van der Waals surface area contributed by atoms with Gasteiger partial charge in [0.05, 0.1) is 17.7 Å². The average molecular weight is 459 g/mol. The quantitative estimate of drug-likeness (QED) is 0.654. The van der Waals surface area contributed by atoms with Gasteiger partial charge in [-0.25, -0.2) is 22.3 Å². The standard InChI is InChI=1S/C23H26N2O6S/c1-23(2,3)31-21(26)19-14-17-16-12-8-9-13-18(16)25(20(17)24(19)22(27)30-4)32(28,29)15-10-6-5-7-11-15/h5-13,17,19-20H,14H2,1-4H3/t17-,19+,20+/m1/s1. The molecule has 170 valence electrons. The van der Waals surface area contributed by atoms with Crippen LogP contribution in [-0.4, -0.2) is 50.3 Å². The Morgan fingerprint density at radius 3 is 2.25 bits per heavy atom. The molecule has 0 bridgehead atoms. The molecule has 8 nitrogen and oxygen atoms in total. The highest BCUT2D eigenvalue weighted by Crippen LogP contribution is 2.52. The van der Waals surface area contributed by atoms with Gasteiger partial charge in [0, 0.05) is 5.92 Å². The Morgan fingerprint density at radius 2 is 1.62 bits per heavy atom. The minimum Gasteiger partial charge on any atom is -0.458 e.